The van der Waals surface area contributed by atoms with Crippen LogP contribution in [-0.2, 0) is 17.8 Å². The van der Waals surface area contributed by atoms with Gasteiger partial charge in [0.1, 0.15) is 44.7 Å². The zero-order chi connectivity index (χ0) is 20.1. The quantitative estimate of drug-likeness (QED) is 0.540. The molecule has 0 bridgehead atoms. The van der Waals surface area contributed by atoms with E-state index in [1.807, 2.05) is 35.7 Å². The number of carbonyl (C=O) groups excluding carboxylic acids is 1. The maximum atomic E-state index is 12.5. The van der Waals surface area contributed by atoms with Gasteiger partial charge in [-0.2, -0.15) is 0 Å². The molecule has 0 atom stereocenters. The van der Waals surface area contributed by atoms with Crippen LogP contribution in [0.5, 0.6) is 0 Å². The first-order chi connectivity index (χ1) is 14.2. The van der Waals surface area contributed by atoms with Crippen LogP contribution in [0.3, 0.4) is 0 Å². The second-order valence-corrected chi connectivity index (χ2v) is 8.48. The summed E-state index contributed by atoms with van der Waals surface area (Å²) in [6, 6.07) is 12.1. The number of amides is 1. The smallest absolute Gasteiger partial charge is 0.279 e. The molecule has 1 fully saturated rings. The Balaban J connectivity index is 1.24. The molecule has 3 N–H and O–H groups in total. The maximum Gasteiger partial charge on any atom is 0.279 e. The first kappa shape index (κ1) is 19.8. The number of oxazole rings is 1. The molecule has 1 aliphatic heterocycles. The Hall–Kier alpha value is -2.48. The molecule has 4 rings (SSSR count). The summed E-state index contributed by atoms with van der Waals surface area (Å²) < 4.78 is 5.63. The van der Waals surface area contributed by atoms with Crippen molar-refractivity contribution in [2.24, 2.45) is 0 Å². The van der Waals surface area contributed by atoms with Gasteiger partial charge in [-0.1, -0.05) is 31.2 Å². The van der Waals surface area contributed by atoms with Crippen molar-refractivity contribution in [2.75, 3.05) is 38.0 Å². The second kappa shape index (κ2) is 9.35. The minimum Gasteiger partial charge on any atom is -0.443 e. The predicted octanol–water partition coefficient (Wildman–Crippen LogP) is 0.888. The molecule has 3 aromatic rings. The van der Waals surface area contributed by atoms with Crippen LogP contribution in [0.1, 0.15) is 18.2 Å². The van der Waals surface area contributed by atoms with Gasteiger partial charge in [0.15, 0.2) is 6.54 Å². The van der Waals surface area contributed by atoms with Crippen molar-refractivity contribution in [3.05, 3.63) is 59.3 Å². The normalized spacial score (nSPS) is 19.2. The van der Waals surface area contributed by atoms with Gasteiger partial charge >= 0.3 is 0 Å². The highest BCUT2D eigenvalue weighted by Crippen LogP contribution is 2.23. The molecule has 7 heteroatoms. The summed E-state index contributed by atoms with van der Waals surface area (Å²) in [5, 5.41) is 5.12. The highest BCUT2D eigenvalue weighted by atomic mass is 32.1. The zero-order valence-electron chi connectivity index (χ0n) is 16.7. The minimum atomic E-state index is 0.0986. The highest BCUT2D eigenvalue weighted by Gasteiger charge is 2.26. The predicted molar refractivity (Wildman–Crippen MR) is 114 cm³/mol. The lowest BCUT2D eigenvalue weighted by Crippen LogP contribution is -3.28. The second-order valence-electron chi connectivity index (χ2n) is 7.53. The lowest BCUT2D eigenvalue weighted by molar-refractivity contribution is -1.02. The molecular formula is C22H28N4O2S+2. The lowest BCUT2D eigenvalue weighted by Gasteiger charge is -2.28. The summed E-state index contributed by atoms with van der Waals surface area (Å²) in [4.78, 5) is 21.0. The van der Waals surface area contributed by atoms with Crippen LogP contribution in [0, 0.1) is 0 Å². The maximum absolute atomic E-state index is 12.5. The van der Waals surface area contributed by atoms with Gasteiger partial charge < -0.3 is 19.5 Å². The van der Waals surface area contributed by atoms with Gasteiger partial charge in [-0.25, -0.2) is 4.98 Å². The third kappa shape index (κ3) is 5.12. The molecule has 0 saturated carbocycles. The summed E-state index contributed by atoms with van der Waals surface area (Å²) in [7, 11) is 0. The van der Waals surface area contributed by atoms with Gasteiger partial charge in [-0.05, 0) is 29.5 Å². The molecular weight excluding hydrogens is 384 g/mol. The number of benzene rings is 1. The van der Waals surface area contributed by atoms with E-state index in [0.717, 1.165) is 55.4 Å². The summed E-state index contributed by atoms with van der Waals surface area (Å²) in [5.74, 6) is 0.809. The van der Waals surface area contributed by atoms with E-state index in [-0.39, 0.29) is 5.91 Å². The Morgan fingerprint density at radius 1 is 1.14 bits per heavy atom. The highest BCUT2D eigenvalue weighted by molar-refractivity contribution is 7.13. The number of nitrogens with one attached hydrogen (secondary N) is 3. The number of para-hydroxylation sites is 1. The molecule has 0 spiro atoms. The summed E-state index contributed by atoms with van der Waals surface area (Å²) in [6.45, 7) is 7.57. The molecule has 2 aromatic heterocycles. The number of quaternary nitrogens is 2. The molecule has 3 heterocycles. The van der Waals surface area contributed by atoms with E-state index < -0.39 is 0 Å². The van der Waals surface area contributed by atoms with Crippen LogP contribution in [0.2, 0.25) is 0 Å². The summed E-state index contributed by atoms with van der Waals surface area (Å²) in [6.07, 6.45) is 2.70. The van der Waals surface area contributed by atoms with Crippen molar-refractivity contribution in [2.45, 2.75) is 19.9 Å². The van der Waals surface area contributed by atoms with Crippen molar-refractivity contribution >= 4 is 22.9 Å². The lowest BCUT2D eigenvalue weighted by atomic mass is 10.1. The van der Waals surface area contributed by atoms with E-state index in [1.165, 1.54) is 15.4 Å². The largest absolute Gasteiger partial charge is 0.443 e. The number of aryl methyl sites for hydroxylation is 1. The van der Waals surface area contributed by atoms with Gasteiger partial charge in [-0.3, -0.25) is 4.79 Å². The Bertz CT molecular complexity index is 930. The average Bonchev–Trinajstić information content (AvgIpc) is 3.42. The zero-order valence-corrected chi connectivity index (χ0v) is 17.6. The number of carbonyl (C=O) groups is 1. The number of hydrogen-bond donors (Lipinski definition) is 3. The van der Waals surface area contributed by atoms with Crippen LogP contribution in [0.25, 0.3) is 10.8 Å². The van der Waals surface area contributed by atoms with Crippen LogP contribution in [-0.4, -0.2) is 43.6 Å². The number of rotatable bonds is 7. The Morgan fingerprint density at radius 2 is 1.93 bits per heavy atom. The van der Waals surface area contributed by atoms with Crippen molar-refractivity contribution in [3.8, 4) is 10.8 Å². The minimum absolute atomic E-state index is 0.0986. The molecule has 152 valence electrons. The number of thiophene rings is 1. The topological polar surface area (TPSA) is 64.0 Å². The first-order valence-electron chi connectivity index (χ1n) is 10.2. The molecule has 6 nitrogen and oxygen atoms in total. The van der Waals surface area contributed by atoms with Gasteiger partial charge in [-0.15, -0.1) is 11.3 Å². The van der Waals surface area contributed by atoms with E-state index in [2.05, 4.69) is 23.3 Å². The van der Waals surface area contributed by atoms with Crippen LogP contribution >= 0.6 is 11.3 Å². The summed E-state index contributed by atoms with van der Waals surface area (Å²) in [5.41, 5.74) is 3.12. The van der Waals surface area contributed by atoms with Gasteiger partial charge in [0.2, 0.25) is 5.89 Å². The van der Waals surface area contributed by atoms with E-state index in [1.54, 1.807) is 17.6 Å². The van der Waals surface area contributed by atoms with Crippen molar-refractivity contribution in [1.82, 2.24) is 4.98 Å². The molecule has 29 heavy (non-hydrogen) atoms. The standard InChI is InChI=1S/C22H26N4O2S/c1-2-17-6-3-4-7-19(17)24-21(27)15-26-11-9-25(10-12-26)14-18-16-28-22(23-18)20-8-5-13-29-20/h3-8,13,16H,2,9-12,14-15H2,1H3,(H,24,27)/p+2. The molecule has 1 aromatic carbocycles. The van der Waals surface area contributed by atoms with Crippen molar-refractivity contribution in [3.63, 3.8) is 0 Å². The fraction of sp³-hybridized carbons (Fsp3) is 0.364. The fourth-order valence-corrected chi connectivity index (χ4v) is 4.50. The monoisotopic (exact) mass is 412 g/mol. The fourth-order valence-electron chi connectivity index (χ4n) is 3.84. The van der Waals surface area contributed by atoms with Gasteiger partial charge in [0.25, 0.3) is 5.91 Å². The Kier molecular flexibility index (Phi) is 6.39. The summed E-state index contributed by atoms with van der Waals surface area (Å²) >= 11 is 1.64. The molecule has 1 amide bonds. The molecule has 0 radical (unpaired) electrons. The first-order valence-corrected chi connectivity index (χ1v) is 11.1. The third-order valence-electron chi connectivity index (χ3n) is 5.46. The van der Waals surface area contributed by atoms with Gasteiger partial charge in [0, 0.05) is 5.69 Å². The van der Waals surface area contributed by atoms with E-state index in [0.29, 0.717) is 12.4 Å². The van der Waals surface area contributed by atoms with Crippen LogP contribution in [0.4, 0.5) is 5.69 Å². The number of piperazine rings is 1. The number of aromatic nitrogens is 1. The van der Waals surface area contributed by atoms with E-state index in [4.69, 9.17) is 4.42 Å². The molecule has 0 aliphatic carbocycles. The number of anilines is 1. The number of nitrogens with zero attached hydrogens (tertiary/aromatic N) is 1. The average molecular weight is 413 g/mol. The van der Waals surface area contributed by atoms with Crippen molar-refractivity contribution < 1.29 is 19.0 Å². The molecule has 1 aliphatic rings. The number of hydrogen-bond acceptors (Lipinski definition) is 4. The SMILES string of the molecule is CCc1ccccc1NC(=O)C[NH+]1CC[NH+](Cc2coc(-c3cccs3)n2)CC1. The molecule has 0 unspecified atom stereocenters. The van der Waals surface area contributed by atoms with Crippen molar-refractivity contribution in [1.29, 1.82) is 0 Å². The van der Waals surface area contributed by atoms with Gasteiger partial charge in [0.05, 0.1) is 4.88 Å². The third-order valence-corrected chi connectivity index (χ3v) is 6.32. The van der Waals surface area contributed by atoms with Crippen LogP contribution < -0.4 is 15.1 Å². The molecule has 1 saturated heterocycles. The Labute approximate surface area is 175 Å². The van der Waals surface area contributed by atoms with Crippen LogP contribution in [0.15, 0.2) is 52.5 Å². The van der Waals surface area contributed by atoms with E-state index >= 15 is 0 Å². The van der Waals surface area contributed by atoms with E-state index in [9.17, 15) is 4.79 Å². The Morgan fingerprint density at radius 3 is 2.69 bits per heavy atom.